The first-order chi connectivity index (χ1) is 12.9. The van der Waals surface area contributed by atoms with Gasteiger partial charge in [0.1, 0.15) is 10.7 Å². The molecule has 146 valence electrons. The van der Waals surface area contributed by atoms with Crippen molar-refractivity contribution in [3.05, 3.63) is 58.9 Å². The fourth-order valence-corrected chi connectivity index (χ4v) is 5.17. The zero-order valence-electron chi connectivity index (χ0n) is 15.3. The van der Waals surface area contributed by atoms with E-state index in [4.69, 9.17) is 11.6 Å². The quantitative estimate of drug-likeness (QED) is 0.725. The van der Waals surface area contributed by atoms with Gasteiger partial charge < -0.3 is 0 Å². The Hall–Kier alpha value is -1.63. The van der Waals surface area contributed by atoms with Crippen LogP contribution in [-0.2, 0) is 16.6 Å². The second kappa shape index (κ2) is 8.59. The van der Waals surface area contributed by atoms with Crippen LogP contribution in [-0.4, -0.2) is 26.4 Å². The molecule has 0 aromatic heterocycles. The van der Waals surface area contributed by atoms with Crippen LogP contribution in [0.15, 0.2) is 47.4 Å². The van der Waals surface area contributed by atoms with Gasteiger partial charge in [-0.05, 0) is 49.7 Å². The molecule has 0 amide bonds. The number of sulfonamides is 1. The van der Waals surface area contributed by atoms with Crippen LogP contribution in [0.1, 0.15) is 37.7 Å². The van der Waals surface area contributed by atoms with Gasteiger partial charge in [0.05, 0.1) is 10.7 Å². The lowest BCUT2D eigenvalue weighted by Crippen LogP contribution is -2.33. The molecule has 1 fully saturated rings. The van der Waals surface area contributed by atoms with Crippen molar-refractivity contribution >= 4 is 27.3 Å². The standard InChI is InChI=1S/C20H24ClFN2O2S/c1-24(17-8-3-2-4-9-17)14-15-7-5-6-10-19(15)23-27(25,26)20-13-16(22)11-12-18(20)21/h5-7,10-13,17,23H,2-4,8-9,14H2,1H3. The molecule has 0 heterocycles. The van der Waals surface area contributed by atoms with E-state index in [0.29, 0.717) is 18.3 Å². The lowest BCUT2D eigenvalue weighted by Gasteiger charge is -2.31. The molecule has 4 nitrogen and oxygen atoms in total. The minimum atomic E-state index is -3.99. The van der Waals surface area contributed by atoms with Crippen LogP contribution in [0, 0.1) is 5.82 Å². The van der Waals surface area contributed by atoms with E-state index in [1.54, 1.807) is 12.1 Å². The number of anilines is 1. The van der Waals surface area contributed by atoms with Crippen LogP contribution in [0.5, 0.6) is 0 Å². The van der Waals surface area contributed by atoms with E-state index >= 15 is 0 Å². The fourth-order valence-electron chi connectivity index (χ4n) is 3.56. The van der Waals surface area contributed by atoms with Crippen LogP contribution in [0.25, 0.3) is 0 Å². The monoisotopic (exact) mass is 410 g/mol. The van der Waals surface area contributed by atoms with Crippen LogP contribution < -0.4 is 4.72 Å². The van der Waals surface area contributed by atoms with Gasteiger partial charge in [-0.2, -0.15) is 0 Å². The Bertz CT molecular complexity index is 899. The minimum absolute atomic E-state index is 0.0132. The lowest BCUT2D eigenvalue weighted by atomic mass is 9.94. The maximum atomic E-state index is 13.5. The number of hydrogen-bond acceptors (Lipinski definition) is 3. The van der Waals surface area contributed by atoms with Crippen molar-refractivity contribution in [3.8, 4) is 0 Å². The summed E-state index contributed by atoms with van der Waals surface area (Å²) in [5, 5.41) is -0.0132. The Morgan fingerprint density at radius 2 is 1.85 bits per heavy atom. The Labute approximate surface area is 165 Å². The van der Waals surface area contributed by atoms with Crippen LogP contribution in [0.2, 0.25) is 5.02 Å². The smallest absolute Gasteiger partial charge is 0.263 e. The zero-order valence-corrected chi connectivity index (χ0v) is 16.9. The van der Waals surface area contributed by atoms with Gasteiger partial charge in [0, 0.05) is 12.6 Å². The zero-order chi connectivity index (χ0) is 19.4. The molecule has 2 aromatic rings. The molecule has 7 heteroatoms. The summed E-state index contributed by atoms with van der Waals surface area (Å²) in [6.45, 7) is 0.639. The summed E-state index contributed by atoms with van der Waals surface area (Å²) >= 11 is 5.98. The number of rotatable bonds is 6. The predicted molar refractivity (Wildman–Crippen MR) is 107 cm³/mol. The Kier molecular flexibility index (Phi) is 6.40. The third-order valence-corrected chi connectivity index (χ3v) is 6.91. The molecule has 1 aliphatic carbocycles. The van der Waals surface area contributed by atoms with E-state index in [-0.39, 0.29) is 9.92 Å². The summed E-state index contributed by atoms with van der Waals surface area (Å²) in [5.74, 6) is -0.648. The summed E-state index contributed by atoms with van der Waals surface area (Å²) in [5.41, 5.74) is 1.36. The Balaban J connectivity index is 1.82. The van der Waals surface area contributed by atoms with Crippen LogP contribution in [0.4, 0.5) is 10.1 Å². The summed E-state index contributed by atoms with van der Waals surface area (Å²) < 4.78 is 41.6. The molecule has 3 rings (SSSR count). The van der Waals surface area contributed by atoms with Crippen molar-refractivity contribution in [2.45, 2.75) is 49.6 Å². The van der Waals surface area contributed by atoms with E-state index in [1.807, 2.05) is 12.1 Å². The minimum Gasteiger partial charge on any atom is -0.299 e. The number of halogens is 2. The average molecular weight is 411 g/mol. The second-order valence-electron chi connectivity index (χ2n) is 7.04. The van der Waals surface area contributed by atoms with Gasteiger partial charge in [-0.3, -0.25) is 9.62 Å². The van der Waals surface area contributed by atoms with E-state index in [9.17, 15) is 12.8 Å². The number of para-hydroxylation sites is 1. The first-order valence-electron chi connectivity index (χ1n) is 9.13. The van der Waals surface area contributed by atoms with E-state index < -0.39 is 15.8 Å². The molecule has 0 spiro atoms. The van der Waals surface area contributed by atoms with E-state index in [0.717, 1.165) is 17.7 Å². The maximum absolute atomic E-state index is 13.5. The average Bonchev–Trinajstić information content (AvgIpc) is 2.65. The molecule has 0 atom stereocenters. The second-order valence-corrected chi connectivity index (χ2v) is 9.10. The van der Waals surface area contributed by atoms with Crippen molar-refractivity contribution in [1.29, 1.82) is 0 Å². The molecule has 1 aliphatic rings. The molecule has 1 saturated carbocycles. The number of hydrogen-bond donors (Lipinski definition) is 1. The van der Waals surface area contributed by atoms with Gasteiger partial charge in [0.2, 0.25) is 0 Å². The number of benzene rings is 2. The molecule has 27 heavy (non-hydrogen) atoms. The summed E-state index contributed by atoms with van der Waals surface area (Å²) in [7, 11) is -1.92. The van der Waals surface area contributed by atoms with Gasteiger partial charge in [0.15, 0.2) is 0 Å². The molecule has 1 N–H and O–H groups in total. The topological polar surface area (TPSA) is 49.4 Å². The van der Waals surface area contributed by atoms with Crippen molar-refractivity contribution in [2.24, 2.45) is 0 Å². The van der Waals surface area contributed by atoms with Gasteiger partial charge in [-0.25, -0.2) is 12.8 Å². The van der Waals surface area contributed by atoms with E-state index in [1.165, 1.54) is 38.2 Å². The Morgan fingerprint density at radius 1 is 1.15 bits per heavy atom. The lowest BCUT2D eigenvalue weighted by molar-refractivity contribution is 0.185. The van der Waals surface area contributed by atoms with Gasteiger partial charge in [-0.15, -0.1) is 0 Å². The highest BCUT2D eigenvalue weighted by molar-refractivity contribution is 7.92. The molecular formula is C20H24ClFN2O2S. The molecular weight excluding hydrogens is 387 g/mol. The van der Waals surface area contributed by atoms with Crippen LogP contribution >= 0.6 is 11.6 Å². The molecule has 0 unspecified atom stereocenters. The molecule has 0 saturated heterocycles. The summed E-state index contributed by atoms with van der Waals surface area (Å²) in [6.07, 6.45) is 6.10. The summed E-state index contributed by atoms with van der Waals surface area (Å²) in [6, 6.07) is 11.1. The van der Waals surface area contributed by atoms with Crippen molar-refractivity contribution in [2.75, 3.05) is 11.8 Å². The highest BCUT2D eigenvalue weighted by atomic mass is 35.5. The summed E-state index contributed by atoms with van der Waals surface area (Å²) in [4.78, 5) is 2.01. The Morgan fingerprint density at radius 3 is 2.59 bits per heavy atom. The first kappa shape index (κ1) is 20.1. The normalized spacial score (nSPS) is 15.9. The van der Waals surface area contributed by atoms with Gasteiger partial charge >= 0.3 is 0 Å². The van der Waals surface area contributed by atoms with E-state index in [2.05, 4.69) is 16.7 Å². The first-order valence-corrected chi connectivity index (χ1v) is 11.0. The van der Waals surface area contributed by atoms with Gasteiger partial charge in [-0.1, -0.05) is 49.1 Å². The number of nitrogens with one attached hydrogen (secondary N) is 1. The SMILES string of the molecule is CN(Cc1ccccc1NS(=O)(=O)c1cc(F)ccc1Cl)C1CCCCC1. The van der Waals surface area contributed by atoms with Crippen molar-refractivity contribution in [1.82, 2.24) is 4.90 Å². The van der Waals surface area contributed by atoms with Crippen LogP contribution in [0.3, 0.4) is 0 Å². The third-order valence-electron chi connectivity index (χ3n) is 5.06. The van der Waals surface area contributed by atoms with Crippen molar-refractivity contribution < 1.29 is 12.8 Å². The molecule has 0 radical (unpaired) electrons. The largest absolute Gasteiger partial charge is 0.299 e. The maximum Gasteiger partial charge on any atom is 0.263 e. The third kappa shape index (κ3) is 5.00. The highest BCUT2D eigenvalue weighted by Gasteiger charge is 2.22. The molecule has 0 aliphatic heterocycles. The highest BCUT2D eigenvalue weighted by Crippen LogP contribution is 2.28. The predicted octanol–water partition coefficient (Wildman–Crippen LogP) is 5.04. The molecule has 2 aromatic carbocycles. The molecule has 0 bridgehead atoms. The number of nitrogens with zero attached hydrogens (tertiary/aromatic N) is 1. The van der Waals surface area contributed by atoms with Crippen molar-refractivity contribution in [3.63, 3.8) is 0 Å². The fraction of sp³-hybridized carbons (Fsp3) is 0.400. The van der Waals surface area contributed by atoms with Gasteiger partial charge in [0.25, 0.3) is 10.0 Å².